The minimum absolute atomic E-state index is 0.0773. The fraction of sp³-hybridized carbons (Fsp3) is 0.263. The normalized spacial score (nSPS) is 13.7. The molecule has 144 valence electrons. The first-order chi connectivity index (χ1) is 13.4. The molecule has 2 N–H and O–H groups in total. The van der Waals surface area contributed by atoms with Gasteiger partial charge in [0, 0.05) is 23.2 Å². The Kier molecular flexibility index (Phi) is 4.72. The molecule has 0 unspecified atom stereocenters. The smallest absolute Gasteiger partial charge is 0.321 e. The summed E-state index contributed by atoms with van der Waals surface area (Å²) in [5.74, 6) is -0.278. The number of aromatic amines is 1. The monoisotopic (exact) mass is 418 g/mol. The number of fused-ring (bicyclic) bond motifs is 1. The number of carbonyl (C=O) groups excluding carboxylic acids is 1. The van der Waals surface area contributed by atoms with Gasteiger partial charge in [0.05, 0.1) is 21.7 Å². The van der Waals surface area contributed by atoms with Crippen molar-refractivity contribution in [2.75, 3.05) is 5.32 Å². The zero-order valence-electron chi connectivity index (χ0n) is 14.9. The summed E-state index contributed by atoms with van der Waals surface area (Å²) in [6, 6.07) is 6.32. The average Bonchev–Trinajstić information content (AvgIpc) is 3.48. The van der Waals surface area contributed by atoms with E-state index in [4.69, 9.17) is 23.2 Å². The summed E-state index contributed by atoms with van der Waals surface area (Å²) in [6.45, 7) is 2.09. The van der Waals surface area contributed by atoms with Crippen LogP contribution < -0.4 is 16.6 Å². The van der Waals surface area contributed by atoms with Crippen molar-refractivity contribution in [2.24, 2.45) is 0 Å². The molecule has 2 aromatic heterocycles. The fourth-order valence-electron chi connectivity index (χ4n) is 3.13. The van der Waals surface area contributed by atoms with Crippen molar-refractivity contribution in [3.8, 4) is 0 Å². The molecule has 1 aromatic carbocycles. The molecule has 0 bridgehead atoms. The van der Waals surface area contributed by atoms with Crippen molar-refractivity contribution >= 4 is 45.8 Å². The van der Waals surface area contributed by atoms with Crippen LogP contribution >= 0.6 is 23.2 Å². The Labute approximate surface area is 169 Å². The van der Waals surface area contributed by atoms with Crippen molar-refractivity contribution in [3.63, 3.8) is 0 Å². The van der Waals surface area contributed by atoms with E-state index in [0.717, 1.165) is 12.8 Å². The highest BCUT2D eigenvalue weighted by Crippen LogP contribution is 2.40. The van der Waals surface area contributed by atoms with E-state index in [1.54, 1.807) is 25.1 Å². The third-order valence-corrected chi connectivity index (χ3v) is 5.25. The van der Waals surface area contributed by atoms with E-state index in [1.807, 2.05) is 0 Å². The van der Waals surface area contributed by atoms with Crippen molar-refractivity contribution in [2.45, 2.75) is 32.2 Å². The van der Waals surface area contributed by atoms with Crippen LogP contribution in [0.2, 0.25) is 10.0 Å². The van der Waals surface area contributed by atoms with E-state index in [2.05, 4.69) is 15.3 Å². The lowest BCUT2D eigenvalue weighted by atomic mass is 10.1. The number of halogens is 2. The van der Waals surface area contributed by atoms with Crippen LogP contribution in [0.1, 0.15) is 41.7 Å². The Balaban J connectivity index is 1.91. The number of aryl methyl sites for hydroxylation is 1. The first kappa shape index (κ1) is 18.7. The summed E-state index contributed by atoms with van der Waals surface area (Å²) in [7, 11) is 0. The topological polar surface area (TPSA) is 96.9 Å². The number of anilines is 1. The Morgan fingerprint density at radius 3 is 2.68 bits per heavy atom. The number of aromatic nitrogens is 3. The largest absolute Gasteiger partial charge is 0.329 e. The summed E-state index contributed by atoms with van der Waals surface area (Å²) < 4.78 is 1.36. The van der Waals surface area contributed by atoms with Crippen LogP contribution in [0.4, 0.5) is 5.69 Å². The quantitative estimate of drug-likeness (QED) is 0.676. The number of nitrogens with one attached hydrogen (secondary N) is 2. The van der Waals surface area contributed by atoms with Crippen LogP contribution in [-0.4, -0.2) is 20.4 Å². The molecular weight excluding hydrogens is 403 g/mol. The third kappa shape index (κ3) is 3.31. The van der Waals surface area contributed by atoms with Gasteiger partial charge in [0.2, 0.25) is 0 Å². The molecule has 0 radical (unpaired) electrons. The highest BCUT2D eigenvalue weighted by molar-refractivity contribution is 6.37. The molecule has 0 atom stereocenters. The molecule has 28 heavy (non-hydrogen) atoms. The van der Waals surface area contributed by atoms with Crippen molar-refractivity contribution in [1.29, 1.82) is 0 Å². The van der Waals surface area contributed by atoms with Gasteiger partial charge < -0.3 is 5.32 Å². The highest BCUT2D eigenvalue weighted by atomic mass is 35.5. The Bertz CT molecular complexity index is 1230. The molecule has 7 nitrogen and oxygen atoms in total. The third-order valence-electron chi connectivity index (χ3n) is 4.70. The number of hydrogen-bond acceptors (Lipinski definition) is 4. The molecule has 1 aliphatic rings. The zero-order valence-corrected chi connectivity index (χ0v) is 16.4. The standard InChI is InChI=1S/C19H16Cl2N4O3/c1-2-25-16-15(18(27)24-19(25)28)11(8-14(22-16)9-3-4-9)17(26)23-13-6-5-10(20)7-12(13)21/h5-9H,2-4H2,1H3,(H,23,26)(H,24,27,28). The van der Waals surface area contributed by atoms with Gasteiger partial charge in [0.1, 0.15) is 0 Å². The van der Waals surface area contributed by atoms with Gasteiger partial charge in [-0.25, -0.2) is 9.78 Å². The molecule has 2 heterocycles. The summed E-state index contributed by atoms with van der Waals surface area (Å²) in [5, 5.41) is 3.51. The van der Waals surface area contributed by atoms with Gasteiger partial charge in [-0.05, 0) is 44.0 Å². The fourth-order valence-corrected chi connectivity index (χ4v) is 3.59. The summed E-state index contributed by atoms with van der Waals surface area (Å²) in [6.07, 6.45) is 1.92. The molecule has 3 aromatic rings. The van der Waals surface area contributed by atoms with E-state index < -0.39 is 17.2 Å². The number of hydrogen-bond donors (Lipinski definition) is 2. The van der Waals surface area contributed by atoms with Gasteiger partial charge >= 0.3 is 5.69 Å². The van der Waals surface area contributed by atoms with Gasteiger partial charge in [0.15, 0.2) is 5.65 Å². The van der Waals surface area contributed by atoms with Crippen LogP contribution in [-0.2, 0) is 6.54 Å². The lowest BCUT2D eigenvalue weighted by molar-refractivity contribution is 0.102. The molecule has 9 heteroatoms. The number of nitrogens with zero attached hydrogens (tertiary/aromatic N) is 2. The molecule has 0 aliphatic heterocycles. The van der Waals surface area contributed by atoms with Crippen LogP contribution in [0, 0.1) is 0 Å². The van der Waals surface area contributed by atoms with Crippen LogP contribution in [0.5, 0.6) is 0 Å². The minimum atomic E-state index is -0.646. The lowest BCUT2D eigenvalue weighted by Gasteiger charge is -2.13. The molecule has 0 saturated heterocycles. The van der Waals surface area contributed by atoms with Gasteiger partial charge in [-0.15, -0.1) is 0 Å². The van der Waals surface area contributed by atoms with Crippen molar-refractivity contribution in [1.82, 2.24) is 14.5 Å². The average molecular weight is 419 g/mol. The Morgan fingerprint density at radius 1 is 1.29 bits per heavy atom. The second-order valence-electron chi connectivity index (χ2n) is 6.65. The molecular formula is C19H16Cl2N4O3. The first-order valence-electron chi connectivity index (χ1n) is 8.83. The van der Waals surface area contributed by atoms with E-state index in [1.165, 1.54) is 10.6 Å². The highest BCUT2D eigenvalue weighted by Gasteiger charge is 2.28. The Morgan fingerprint density at radius 2 is 2.04 bits per heavy atom. The lowest BCUT2D eigenvalue weighted by Crippen LogP contribution is -2.32. The number of carbonyl (C=O) groups is 1. The van der Waals surface area contributed by atoms with Crippen molar-refractivity contribution < 1.29 is 4.79 Å². The summed E-state index contributed by atoms with van der Waals surface area (Å²) in [5.41, 5.74) is 0.245. The summed E-state index contributed by atoms with van der Waals surface area (Å²) in [4.78, 5) is 44.5. The second-order valence-corrected chi connectivity index (χ2v) is 7.49. The minimum Gasteiger partial charge on any atom is -0.321 e. The van der Waals surface area contributed by atoms with E-state index in [-0.39, 0.29) is 27.5 Å². The first-order valence-corrected chi connectivity index (χ1v) is 9.58. The zero-order chi connectivity index (χ0) is 20.0. The van der Waals surface area contributed by atoms with E-state index in [0.29, 0.717) is 22.9 Å². The van der Waals surface area contributed by atoms with Gasteiger partial charge in [-0.1, -0.05) is 23.2 Å². The predicted octanol–water partition coefficient (Wildman–Crippen LogP) is 3.54. The summed E-state index contributed by atoms with van der Waals surface area (Å²) >= 11 is 12.0. The number of benzene rings is 1. The molecule has 1 fully saturated rings. The number of pyridine rings is 1. The molecule has 1 saturated carbocycles. The van der Waals surface area contributed by atoms with E-state index in [9.17, 15) is 14.4 Å². The number of amides is 1. The predicted molar refractivity (Wildman–Crippen MR) is 109 cm³/mol. The second kappa shape index (κ2) is 7.07. The SMILES string of the molecule is CCn1c(=O)[nH]c(=O)c2c(C(=O)Nc3ccc(Cl)cc3Cl)cc(C3CC3)nc21. The maximum atomic E-state index is 13.0. The van der Waals surface area contributed by atoms with Crippen LogP contribution in [0.15, 0.2) is 33.9 Å². The number of H-pyrrole nitrogens is 1. The maximum Gasteiger partial charge on any atom is 0.329 e. The van der Waals surface area contributed by atoms with Gasteiger partial charge in [-0.2, -0.15) is 0 Å². The molecule has 1 amide bonds. The van der Waals surface area contributed by atoms with E-state index >= 15 is 0 Å². The maximum absolute atomic E-state index is 13.0. The molecule has 4 rings (SSSR count). The Hall–Kier alpha value is -2.64. The van der Waals surface area contributed by atoms with Crippen LogP contribution in [0.3, 0.4) is 0 Å². The van der Waals surface area contributed by atoms with Crippen molar-refractivity contribution in [3.05, 3.63) is 66.4 Å². The van der Waals surface area contributed by atoms with Gasteiger partial charge in [-0.3, -0.25) is 19.1 Å². The molecule has 0 spiro atoms. The molecule has 1 aliphatic carbocycles. The van der Waals surface area contributed by atoms with Crippen LogP contribution in [0.25, 0.3) is 11.0 Å². The van der Waals surface area contributed by atoms with Gasteiger partial charge in [0.25, 0.3) is 11.5 Å². The number of rotatable bonds is 4.